The van der Waals surface area contributed by atoms with Crippen LogP contribution in [-0.2, 0) is 4.79 Å². The number of rotatable bonds is 6. The van der Waals surface area contributed by atoms with Crippen LogP contribution in [0.3, 0.4) is 0 Å². The number of hydrogen-bond acceptors (Lipinski definition) is 3. The Bertz CT molecular complexity index is 1040. The quantitative estimate of drug-likeness (QED) is 0.543. The van der Waals surface area contributed by atoms with Crippen LogP contribution in [0.25, 0.3) is 0 Å². The molecule has 0 aliphatic heterocycles. The Morgan fingerprint density at radius 1 is 0.897 bits per heavy atom. The number of anilines is 2. The van der Waals surface area contributed by atoms with Crippen molar-refractivity contribution in [3.05, 3.63) is 89.5 Å². The lowest BCUT2D eigenvalue weighted by atomic mass is 10.1. The number of carbonyl (C=O) groups excluding carboxylic acids is 2. The van der Waals surface area contributed by atoms with Crippen LogP contribution in [0, 0.1) is 18.6 Å². The number of halogens is 2. The summed E-state index contributed by atoms with van der Waals surface area (Å²) in [5.74, 6) is -1.29. The average Bonchev–Trinajstić information content (AvgIpc) is 2.70. The van der Waals surface area contributed by atoms with E-state index in [0.29, 0.717) is 27.4 Å². The summed E-state index contributed by atoms with van der Waals surface area (Å²) in [6.45, 7) is 1.71. The second kappa shape index (κ2) is 9.34. The predicted molar refractivity (Wildman–Crippen MR) is 111 cm³/mol. The van der Waals surface area contributed by atoms with Gasteiger partial charge in [-0.15, -0.1) is 11.8 Å². The normalized spacial score (nSPS) is 10.4. The highest BCUT2D eigenvalue weighted by molar-refractivity contribution is 8.00. The van der Waals surface area contributed by atoms with E-state index in [2.05, 4.69) is 10.6 Å². The minimum atomic E-state index is -0.381. The molecule has 29 heavy (non-hydrogen) atoms. The van der Waals surface area contributed by atoms with Crippen LogP contribution in [0.15, 0.2) is 71.6 Å². The van der Waals surface area contributed by atoms with Crippen molar-refractivity contribution in [2.45, 2.75) is 11.8 Å². The smallest absolute Gasteiger partial charge is 0.256 e. The Balaban J connectivity index is 1.65. The van der Waals surface area contributed by atoms with Crippen molar-refractivity contribution in [3.63, 3.8) is 0 Å². The highest BCUT2D eigenvalue weighted by Crippen LogP contribution is 2.25. The number of hydrogen-bond donors (Lipinski definition) is 2. The molecule has 0 saturated carbocycles. The molecular formula is C22H18F2N2O2S. The van der Waals surface area contributed by atoms with Crippen LogP contribution in [-0.4, -0.2) is 17.6 Å². The third kappa shape index (κ3) is 5.65. The summed E-state index contributed by atoms with van der Waals surface area (Å²) in [5, 5.41) is 5.45. The molecule has 0 aliphatic rings. The first kappa shape index (κ1) is 20.5. The third-order valence-corrected chi connectivity index (χ3v) is 5.13. The molecule has 3 aromatic carbocycles. The zero-order valence-electron chi connectivity index (χ0n) is 15.5. The van der Waals surface area contributed by atoms with Crippen molar-refractivity contribution in [2.75, 3.05) is 16.4 Å². The minimum Gasteiger partial charge on any atom is -0.325 e. The van der Waals surface area contributed by atoms with Gasteiger partial charge in [-0.2, -0.15) is 0 Å². The molecule has 0 aliphatic carbocycles. The van der Waals surface area contributed by atoms with Gasteiger partial charge < -0.3 is 10.6 Å². The molecule has 0 unspecified atom stereocenters. The van der Waals surface area contributed by atoms with Gasteiger partial charge in [0.15, 0.2) is 0 Å². The Morgan fingerprint density at radius 2 is 1.59 bits per heavy atom. The van der Waals surface area contributed by atoms with Gasteiger partial charge in [0.05, 0.1) is 11.3 Å². The zero-order chi connectivity index (χ0) is 20.8. The molecule has 7 heteroatoms. The first-order valence-corrected chi connectivity index (χ1v) is 9.75. The lowest BCUT2D eigenvalue weighted by Gasteiger charge is -2.12. The molecule has 0 saturated heterocycles. The number of amides is 2. The molecule has 148 valence electrons. The van der Waals surface area contributed by atoms with E-state index in [1.807, 2.05) is 0 Å². The fraction of sp³-hybridized carbons (Fsp3) is 0.0909. The van der Waals surface area contributed by atoms with E-state index in [-0.39, 0.29) is 29.2 Å². The molecule has 0 spiro atoms. The van der Waals surface area contributed by atoms with Crippen molar-refractivity contribution in [1.29, 1.82) is 0 Å². The van der Waals surface area contributed by atoms with E-state index >= 15 is 0 Å². The number of nitrogens with one attached hydrogen (secondary N) is 2. The SMILES string of the molecule is Cc1cc(F)ccc1NC(=O)c1ccccc1SCC(=O)Nc1ccc(F)cc1. The summed E-state index contributed by atoms with van der Waals surface area (Å²) < 4.78 is 26.2. The highest BCUT2D eigenvalue weighted by atomic mass is 32.2. The molecule has 0 radical (unpaired) electrons. The minimum absolute atomic E-state index is 0.0806. The Morgan fingerprint density at radius 3 is 2.31 bits per heavy atom. The van der Waals surface area contributed by atoms with E-state index in [1.165, 1.54) is 54.2 Å². The second-order valence-corrected chi connectivity index (χ2v) is 7.27. The fourth-order valence-electron chi connectivity index (χ4n) is 2.61. The first-order valence-electron chi connectivity index (χ1n) is 8.77. The summed E-state index contributed by atoms with van der Waals surface area (Å²) in [5.41, 5.74) is 2.04. The molecule has 4 nitrogen and oxygen atoms in total. The second-order valence-electron chi connectivity index (χ2n) is 6.25. The maximum atomic E-state index is 13.3. The van der Waals surface area contributed by atoms with Gasteiger partial charge in [0.1, 0.15) is 11.6 Å². The fourth-order valence-corrected chi connectivity index (χ4v) is 3.46. The topological polar surface area (TPSA) is 58.2 Å². The first-order chi connectivity index (χ1) is 13.9. The van der Waals surface area contributed by atoms with E-state index in [9.17, 15) is 18.4 Å². The van der Waals surface area contributed by atoms with E-state index in [0.717, 1.165) is 0 Å². The van der Waals surface area contributed by atoms with Gasteiger partial charge in [-0.05, 0) is 67.1 Å². The zero-order valence-corrected chi connectivity index (χ0v) is 16.4. The molecule has 0 heterocycles. The molecule has 3 aromatic rings. The standard InChI is InChI=1S/C22H18F2N2O2S/c1-14-12-16(24)8-11-19(14)26-22(28)18-4-2-3-5-20(18)29-13-21(27)25-17-9-6-15(23)7-10-17/h2-12H,13H2,1H3,(H,25,27)(H,26,28). The number of thioether (sulfide) groups is 1. The van der Waals surface area contributed by atoms with Gasteiger partial charge in [0, 0.05) is 16.3 Å². The number of aryl methyl sites for hydroxylation is 1. The Hall–Kier alpha value is -3.19. The Labute approximate surface area is 171 Å². The van der Waals surface area contributed by atoms with Gasteiger partial charge in [-0.3, -0.25) is 9.59 Å². The molecule has 0 fully saturated rings. The third-order valence-electron chi connectivity index (χ3n) is 4.06. The largest absolute Gasteiger partial charge is 0.325 e. The van der Waals surface area contributed by atoms with Gasteiger partial charge in [-0.25, -0.2) is 8.78 Å². The maximum absolute atomic E-state index is 13.3. The van der Waals surface area contributed by atoms with Gasteiger partial charge in [-0.1, -0.05) is 12.1 Å². The summed E-state index contributed by atoms with van der Waals surface area (Å²) in [6.07, 6.45) is 0. The average molecular weight is 412 g/mol. The lowest BCUT2D eigenvalue weighted by Crippen LogP contribution is -2.16. The van der Waals surface area contributed by atoms with E-state index in [4.69, 9.17) is 0 Å². The number of benzene rings is 3. The molecule has 0 atom stereocenters. The van der Waals surface area contributed by atoms with Crippen molar-refractivity contribution < 1.29 is 18.4 Å². The van der Waals surface area contributed by atoms with Crippen LogP contribution in [0.1, 0.15) is 15.9 Å². The molecule has 3 rings (SSSR count). The summed E-state index contributed by atoms with van der Waals surface area (Å²) >= 11 is 1.22. The van der Waals surface area contributed by atoms with Gasteiger partial charge >= 0.3 is 0 Å². The summed E-state index contributed by atoms with van der Waals surface area (Å²) in [7, 11) is 0. The number of carbonyl (C=O) groups is 2. The maximum Gasteiger partial charge on any atom is 0.256 e. The molecule has 2 N–H and O–H groups in total. The van der Waals surface area contributed by atoms with E-state index < -0.39 is 0 Å². The molecule has 2 amide bonds. The molecule has 0 aromatic heterocycles. The highest BCUT2D eigenvalue weighted by Gasteiger charge is 2.14. The van der Waals surface area contributed by atoms with Gasteiger partial charge in [0.2, 0.25) is 5.91 Å². The summed E-state index contributed by atoms with van der Waals surface area (Å²) in [6, 6.07) is 16.5. The van der Waals surface area contributed by atoms with Crippen LogP contribution < -0.4 is 10.6 Å². The van der Waals surface area contributed by atoms with Gasteiger partial charge in [0.25, 0.3) is 5.91 Å². The van der Waals surface area contributed by atoms with Crippen molar-refractivity contribution in [1.82, 2.24) is 0 Å². The van der Waals surface area contributed by atoms with Crippen molar-refractivity contribution >= 4 is 35.0 Å². The van der Waals surface area contributed by atoms with E-state index in [1.54, 1.807) is 31.2 Å². The van der Waals surface area contributed by atoms with Crippen molar-refractivity contribution in [2.24, 2.45) is 0 Å². The van der Waals surface area contributed by atoms with Crippen LogP contribution >= 0.6 is 11.8 Å². The van der Waals surface area contributed by atoms with Crippen LogP contribution in [0.4, 0.5) is 20.2 Å². The monoisotopic (exact) mass is 412 g/mol. The van der Waals surface area contributed by atoms with Crippen LogP contribution in [0.5, 0.6) is 0 Å². The Kier molecular flexibility index (Phi) is 6.61. The molecular weight excluding hydrogens is 394 g/mol. The molecule has 0 bridgehead atoms. The van der Waals surface area contributed by atoms with Crippen molar-refractivity contribution in [3.8, 4) is 0 Å². The summed E-state index contributed by atoms with van der Waals surface area (Å²) in [4.78, 5) is 25.5. The van der Waals surface area contributed by atoms with Crippen LogP contribution in [0.2, 0.25) is 0 Å². The lowest BCUT2D eigenvalue weighted by molar-refractivity contribution is -0.113. The predicted octanol–water partition coefficient (Wildman–Crippen LogP) is 5.26.